The summed E-state index contributed by atoms with van der Waals surface area (Å²) >= 11 is 0. The monoisotopic (exact) mass is 489 g/mol. The van der Waals surface area contributed by atoms with Crippen LogP contribution in [0.5, 0.6) is 0 Å². The number of imide groups is 1. The number of amides is 4. The third-order valence-electron chi connectivity index (χ3n) is 7.22. The van der Waals surface area contributed by atoms with E-state index in [4.69, 9.17) is 9.47 Å². The fraction of sp³-hybridized carbons (Fsp3) is 0.600. The fourth-order valence-electron chi connectivity index (χ4n) is 5.32. The first-order valence-electron chi connectivity index (χ1n) is 12.1. The number of benzene rings is 1. The highest BCUT2D eigenvalue weighted by atomic mass is 19.1. The molecule has 0 aromatic heterocycles. The van der Waals surface area contributed by atoms with Gasteiger partial charge in [-0.1, -0.05) is 18.2 Å². The van der Waals surface area contributed by atoms with Gasteiger partial charge < -0.3 is 19.3 Å². The van der Waals surface area contributed by atoms with Crippen molar-refractivity contribution >= 4 is 23.6 Å². The molecule has 10 heteroatoms. The van der Waals surface area contributed by atoms with Crippen molar-refractivity contribution in [3.63, 3.8) is 0 Å². The van der Waals surface area contributed by atoms with Crippen LogP contribution in [-0.2, 0) is 34.1 Å². The van der Waals surface area contributed by atoms with E-state index in [0.29, 0.717) is 45.7 Å². The van der Waals surface area contributed by atoms with Crippen LogP contribution in [0.4, 0.5) is 4.39 Å². The molecule has 0 unspecified atom stereocenters. The van der Waals surface area contributed by atoms with Crippen molar-refractivity contribution in [1.82, 2.24) is 14.7 Å². The van der Waals surface area contributed by atoms with Crippen molar-refractivity contribution < 1.29 is 33.0 Å². The third-order valence-corrected chi connectivity index (χ3v) is 7.22. The molecule has 3 aliphatic rings. The zero-order valence-electron chi connectivity index (χ0n) is 20.0. The standard InChI is InChI=1S/C25H32FN3O6/c1-34-12-11-29-22(31)16-25(24(29)33,19-6-2-3-7-20(19)26)15-21(30)28-8-4-5-18(17-28)23(32)27-9-13-35-14-10-27/h2-3,6-7,18H,4-5,8-17H2,1H3/t18-,25-/m1/s1. The number of morpholine rings is 1. The highest BCUT2D eigenvalue weighted by Crippen LogP contribution is 2.41. The number of nitrogens with zero attached hydrogens (tertiary/aromatic N) is 3. The Kier molecular flexibility index (Phi) is 7.81. The smallest absolute Gasteiger partial charge is 0.241 e. The van der Waals surface area contributed by atoms with Crippen molar-refractivity contribution in [2.45, 2.75) is 31.1 Å². The summed E-state index contributed by atoms with van der Waals surface area (Å²) in [5, 5.41) is 0. The van der Waals surface area contributed by atoms with Crippen LogP contribution in [0, 0.1) is 11.7 Å². The van der Waals surface area contributed by atoms with Crippen molar-refractivity contribution in [2.75, 3.05) is 59.7 Å². The van der Waals surface area contributed by atoms with E-state index >= 15 is 0 Å². The van der Waals surface area contributed by atoms with Crippen LogP contribution in [0.2, 0.25) is 0 Å². The minimum Gasteiger partial charge on any atom is -0.383 e. The van der Waals surface area contributed by atoms with Gasteiger partial charge in [-0.15, -0.1) is 0 Å². The number of hydrogen-bond acceptors (Lipinski definition) is 6. The molecule has 2 atom stereocenters. The normalized spacial score (nSPS) is 25.3. The van der Waals surface area contributed by atoms with Gasteiger partial charge >= 0.3 is 0 Å². The molecule has 9 nitrogen and oxygen atoms in total. The number of carbonyl (C=O) groups excluding carboxylic acids is 4. The molecule has 0 saturated carbocycles. The first-order chi connectivity index (χ1) is 16.9. The summed E-state index contributed by atoms with van der Waals surface area (Å²) in [6.45, 7) is 2.96. The Balaban J connectivity index is 1.55. The summed E-state index contributed by atoms with van der Waals surface area (Å²) in [6.07, 6.45) is 0.722. The summed E-state index contributed by atoms with van der Waals surface area (Å²) in [7, 11) is 1.46. The van der Waals surface area contributed by atoms with Crippen LogP contribution >= 0.6 is 0 Å². The van der Waals surface area contributed by atoms with Gasteiger partial charge in [-0.3, -0.25) is 24.1 Å². The number of carbonyl (C=O) groups is 4. The molecule has 3 heterocycles. The molecule has 4 amide bonds. The molecule has 35 heavy (non-hydrogen) atoms. The number of rotatable bonds is 7. The van der Waals surface area contributed by atoms with E-state index in [9.17, 15) is 23.6 Å². The third kappa shape index (κ3) is 5.08. The molecule has 3 fully saturated rings. The number of methoxy groups -OCH3 is 1. The highest BCUT2D eigenvalue weighted by Gasteiger charge is 2.55. The Bertz CT molecular complexity index is 982. The molecule has 0 N–H and O–H groups in total. The lowest BCUT2D eigenvalue weighted by Crippen LogP contribution is -2.51. The Hall–Kier alpha value is -2.85. The predicted octanol–water partition coefficient (Wildman–Crippen LogP) is 0.956. The minimum atomic E-state index is -1.62. The van der Waals surface area contributed by atoms with Gasteiger partial charge in [0.2, 0.25) is 23.6 Å². The number of halogens is 1. The average molecular weight is 490 g/mol. The van der Waals surface area contributed by atoms with Gasteiger partial charge in [0.15, 0.2) is 0 Å². The van der Waals surface area contributed by atoms with E-state index < -0.39 is 23.0 Å². The lowest BCUT2D eigenvalue weighted by Gasteiger charge is -2.37. The Morgan fingerprint density at radius 3 is 2.60 bits per heavy atom. The quantitative estimate of drug-likeness (QED) is 0.530. The van der Waals surface area contributed by atoms with Gasteiger partial charge in [-0.25, -0.2) is 4.39 Å². The molecule has 190 valence electrons. The molecule has 4 rings (SSSR count). The van der Waals surface area contributed by atoms with E-state index in [1.54, 1.807) is 15.9 Å². The second kappa shape index (κ2) is 10.8. The summed E-state index contributed by atoms with van der Waals surface area (Å²) in [5.74, 6) is -2.35. The van der Waals surface area contributed by atoms with Crippen molar-refractivity contribution in [3.8, 4) is 0 Å². The second-order valence-electron chi connectivity index (χ2n) is 9.38. The van der Waals surface area contributed by atoms with Gasteiger partial charge in [-0.05, 0) is 18.9 Å². The summed E-state index contributed by atoms with van der Waals surface area (Å²) in [6, 6.07) is 5.80. The van der Waals surface area contributed by atoms with E-state index in [1.165, 1.54) is 25.3 Å². The van der Waals surface area contributed by atoms with Gasteiger partial charge in [0.1, 0.15) is 5.82 Å². The largest absolute Gasteiger partial charge is 0.383 e. The Labute approximate surface area is 204 Å². The number of ether oxygens (including phenoxy) is 2. The van der Waals surface area contributed by atoms with Crippen LogP contribution in [0.1, 0.15) is 31.2 Å². The molecule has 0 spiro atoms. The van der Waals surface area contributed by atoms with Crippen LogP contribution in [-0.4, -0.2) is 98.0 Å². The van der Waals surface area contributed by atoms with Crippen molar-refractivity contribution in [1.29, 1.82) is 0 Å². The summed E-state index contributed by atoms with van der Waals surface area (Å²) in [4.78, 5) is 57.3. The van der Waals surface area contributed by atoms with Crippen molar-refractivity contribution in [2.24, 2.45) is 5.92 Å². The molecule has 1 aromatic rings. The maximum Gasteiger partial charge on any atom is 0.241 e. The van der Waals surface area contributed by atoms with Gasteiger partial charge in [0.25, 0.3) is 0 Å². The zero-order valence-corrected chi connectivity index (χ0v) is 20.0. The first-order valence-corrected chi connectivity index (χ1v) is 12.1. The minimum absolute atomic E-state index is 0.00692. The maximum absolute atomic E-state index is 14.9. The van der Waals surface area contributed by atoms with E-state index in [-0.39, 0.29) is 55.8 Å². The Morgan fingerprint density at radius 1 is 1.14 bits per heavy atom. The molecule has 0 radical (unpaired) electrons. The number of piperidine rings is 1. The lowest BCUT2D eigenvalue weighted by molar-refractivity contribution is -0.147. The highest BCUT2D eigenvalue weighted by molar-refractivity contribution is 6.10. The summed E-state index contributed by atoms with van der Waals surface area (Å²) in [5.41, 5.74) is -1.57. The molecule has 1 aromatic carbocycles. The maximum atomic E-state index is 14.9. The number of likely N-dealkylation sites (tertiary alicyclic amines) is 2. The van der Waals surface area contributed by atoms with Gasteiger partial charge in [-0.2, -0.15) is 0 Å². The lowest BCUT2D eigenvalue weighted by atomic mass is 9.75. The van der Waals surface area contributed by atoms with E-state index in [1.807, 2.05) is 0 Å². The molecule has 3 aliphatic heterocycles. The SMILES string of the molecule is COCCN1C(=O)C[C@](CC(=O)N2CCC[C@@H](C(=O)N3CCOCC3)C2)(c2ccccc2F)C1=O. The van der Waals surface area contributed by atoms with E-state index in [2.05, 4.69) is 0 Å². The first kappa shape index (κ1) is 25.2. The van der Waals surface area contributed by atoms with E-state index in [0.717, 1.165) is 4.90 Å². The van der Waals surface area contributed by atoms with Crippen LogP contribution in [0.15, 0.2) is 24.3 Å². The van der Waals surface area contributed by atoms with Crippen LogP contribution in [0.25, 0.3) is 0 Å². The molecule has 0 aliphatic carbocycles. The molecule has 3 saturated heterocycles. The second-order valence-corrected chi connectivity index (χ2v) is 9.38. The fourth-order valence-corrected chi connectivity index (χ4v) is 5.32. The van der Waals surface area contributed by atoms with Gasteiger partial charge in [0, 0.05) is 51.7 Å². The van der Waals surface area contributed by atoms with Crippen LogP contribution in [0.3, 0.4) is 0 Å². The molecular formula is C25H32FN3O6. The molecule has 0 bridgehead atoms. The van der Waals surface area contributed by atoms with Gasteiger partial charge in [0.05, 0.1) is 37.7 Å². The topological polar surface area (TPSA) is 96.5 Å². The zero-order chi connectivity index (χ0) is 25.0. The predicted molar refractivity (Wildman–Crippen MR) is 123 cm³/mol. The van der Waals surface area contributed by atoms with Crippen molar-refractivity contribution in [3.05, 3.63) is 35.6 Å². The summed E-state index contributed by atoms with van der Waals surface area (Å²) < 4.78 is 25.3. The molecular weight excluding hydrogens is 457 g/mol. The Morgan fingerprint density at radius 2 is 1.89 bits per heavy atom. The average Bonchev–Trinajstić information content (AvgIpc) is 3.12. The van der Waals surface area contributed by atoms with Crippen LogP contribution < -0.4 is 0 Å². The number of hydrogen-bond donors (Lipinski definition) is 0.